The van der Waals surface area contributed by atoms with Crippen LogP contribution in [-0.4, -0.2) is 54.6 Å². The van der Waals surface area contributed by atoms with Crippen LogP contribution in [0, 0.1) is 0 Å². The molecule has 140 valence electrons. The van der Waals surface area contributed by atoms with E-state index in [1.807, 2.05) is 25.2 Å². The standard InChI is InChI=1S/C20H28ClN5/c1-22-20(25-16-7-10-26(11-8-16)17-3-4-17)23-9-6-14-13-24-19-5-2-15(21)12-18(14)19/h2,5,12-13,16-17,24H,3-4,6-11H2,1H3,(H2,22,23,25). The van der Waals surface area contributed by atoms with Gasteiger partial charge in [-0.2, -0.15) is 0 Å². The first-order valence-electron chi connectivity index (χ1n) is 9.69. The van der Waals surface area contributed by atoms with Crippen LogP contribution in [0.25, 0.3) is 10.9 Å². The summed E-state index contributed by atoms with van der Waals surface area (Å²) in [6.45, 7) is 3.28. The highest BCUT2D eigenvalue weighted by Crippen LogP contribution is 2.29. The highest BCUT2D eigenvalue weighted by atomic mass is 35.5. The molecule has 0 unspecified atom stereocenters. The monoisotopic (exact) mass is 373 g/mol. The van der Waals surface area contributed by atoms with Gasteiger partial charge in [0.25, 0.3) is 0 Å². The summed E-state index contributed by atoms with van der Waals surface area (Å²) in [6.07, 6.45) is 8.23. The Kier molecular flexibility index (Phi) is 5.36. The van der Waals surface area contributed by atoms with E-state index in [1.54, 1.807) is 0 Å². The Morgan fingerprint density at radius 2 is 2.08 bits per heavy atom. The predicted molar refractivity (Wildman–Crippen MR) is 109 cm³/mol. The number of aromatic amines is 1. The largest absolute Gasteiger partial charge is 0.361 e. The molecule has 5 nitrogen and oxygen atoms in total. The maximum atomic E-state index is 6.13. The molecular formula is C20H28ClN5. The van der Waals surface area contributed by atoms with Crippen molar-refractivity contribution in [1.82, 2.24) is 20.5 Å². The average Bonchev–Trinajstić information content (AvgIpc) is 3.43. The van der Waals surface area contributed by atoms with Crippen LogP contribution in [0.1, 0.15) is 31.2 Å². The number of halogens is 1. The molecule has 0 atom stereocenters. The molecular weight excluding hydrogens is 346 g/mol. The highest BCUT2D eigenvalue weighted by Gasteiger charge is 2.31. The zero-order chi connectivity index (χ0) is 17.9. The number of piperidine rings is 1. The van der Waals surface area contributed by atoms with Crippen LogP contribution >= 0.6 is 11.6 Å². The Morgan fingerprint density at radius 3 is 2.81 bits per heavy atom. The van der Waals surface area contributed by atoms with E-state index in [1.165, 1.54) is 49.7 Å². The number of aliphatic imine (C=N–C) groups is 1. The summed E-state index contributed by atoms with van der Waals surface area (Å²) >= 11 is 6.13. The van der Waals surface area contributed by atoms with Crippen molar-refractivity contribution in [2.45, 2.75) is 44.2 Å². The molecule has 1 saturated heterocycles. The molecule has 2 fully saturated rings. The number of rotatable bonds is 5. The lowest BCUT2D eigenvalue weighted by Gasteiger charge is -2.33. The maximum absolute atomic E-state index is 6.13. The van der Waals surface area contributed by atoms with Gasteiger partial charge >= 0.3 is 0 Å². The van der Waals surface area contributed by atoms with E-state index < -0.39 is 0 Å². The SMILES string of the molecule is CN=C(NCCc1c[nH]c2ccc(Cl)cc12)NC1CCN(C2CC2)CC1. The van der Waals surface area contributed by atoms with Crippen molar-refractivity contribution in [1.29, 1.82) is 0 Å². The van der Waals surface area contributed by atoms with Gasteiger partial charge in [-0.05, 0) is 55.9 Å². The minimum absolute atomic E-state index is 0.531. The number of aromatic nitrogens is 1. The summed E-state index contributed by atoms with van der Waals surface area (Å²) in [7, 11) is 1.85. The number of hydrogen-bond acceptors (Lipinski definition) is 2. The Morgan fingerprint density at radius 1 is 1.27 bits per heavy atom. The second kappa shape index (κ2) is 7.89. The molecule has 0 spiro atoms. The molecule has 0 amide bonds. The van der Waals surface area contributed by atoms with E-state index >= 15 is 0 Å². The van der Waals surface area contributed by atoms with Crippen molar-refractivity contribution < 1.29 is 0 Å². The molecule has 3 N–H and O–H groups in total. The van der Waals surface area contributed by atoms with Gasteiger partial charge in [-0.3, -0.25) is 4.99 Å². The summed E-state index contributed by atoms with van der Waals surface area (Å²) in [6, 6.07) is 7.40. The smallest absolute Gasteiger partial charge is 0.191 e. The quantitative estimate of drug-likeness (QED) is 0.557. The highest BCUT2D eigenvalue weighted by molar-refractivity contribution is 6.31. The minimum Gasteiger partial charge on any atom is -0.361 e. The van der Waals surface area contributed by atoms with Gasteiger partial charge in [0, 0.05) is 60.9 Å². The van der Waals surface area contributed by atoms with Crippen LogP contribution in [0.15, 0.2) is 29.4 Å². The van der Waals surface area contributed by atoms with Gasteiger partial charge in [0.15, 0.2) is 5.96 Å². The molecule has 0 radical (unpaired) electrons. The van der Waals surface area contributed by atoms with Gasteiger partial charge in [-0.1, -0.05) is 11.6 Å². The number of H-pyrrole nitrogens is 1. The fourth-order valence-corrected chi connectivity index (χ4v) is 4.08. The molecule has 0 bridgehead atoms. The zero-order valence-corrected chi connectivity index (χ0v) is 16.1. The number of hydrogen-bond donors (Lipinski definition) is 3. The third-order valence-electron chi connectivity index (χ3n) is 5.57. The molecule has 1 aromatic carbocycles. The van der Waals surface area contributed by atoms with E-state index in [4.69, 9.17) is 11.6 Å². The molecule has 2 heterocycles. The van der Waals surface area contributed by atoms with Crippen molar-refractivity contribution in [2.75, 3.05) is 26.7 Å². The van der Waals surface area contributed by atoms with Crippen LogP contribution < -0.4 is 10.6 Å². The summed E-state index contributed by atoms with van der Waals surface area (Å²) in [5.74, 6) is 0.910. The summed E-state index contributed by atoms with van der Waals surface area (Å²) in [5, 5.41) is 9.04. The van der Waals surface area contributed by atoms with Crippen molar-refractivity contribution in [2.24, 2.45) is 4.99 Å². The number of nitrogens with one attached hydrogen (secondary N) is 3. The minimum atomic E-state index is 0.531. The summed E-state index contributed by atoms with van der Waals surface area (Å²) in [5.41, 5.74) is 2.41. The molecule has 2 aliphatic rings. The lowest BCUT2D eigenvalue weighted by molar-refractivity contribution is 0.197. The third kappa shape index (κ3) is 4.15. The van der Waals surface area contributed by atoms with Crippen molar-refractivity contribution in [3.8, 4) is 0 Å². The molecule has 2 aromatic rings. The third-order valence-corrected chi connectivity index (χ3v) is 5.81. The predicted octanol–water partition coefficient (Wildman–Crippen LogP) is 3.16. The molecule has 1 aromatic heterocycles. The van der Waals surface area contributed by atoms with Crippen LogP contribution in [0.5, 0.6) is 0 Å². The molecule has 1 aliphatic heterocycles. The fraction of sp³-hybridized carbons (Fsp3) is 0.550. The number of benzene rings is 1. The second-order valence-electron chi connectivity index (χ2n) is 7.44. The Hall–Kier alpha value is -1.72. The van der Waals surface area contributed by atoms with Crippen LogP contribution in [0.3, 0.4) is 0 Å². The van der Waals surface area contributed by atoms with Crippen LogP contribution in [0.2, 0.25) is 5.02 Å². The first-order chi connectivity index (χ1) is 12.7. The van der Waals surface area contributed by atoms with E-state index in [2.05, 4.69) is 31.7 Å². The van der Waals surface area contributed by atoms with Crippen LogP contribution in [-0.2, 0) is 6.42 Å². The number of nitrogens with zero attached hydrogens (tertiary/aromatic N) is 2. The average molecular weight is 374 g/mol. The van der Waals surface area contributed by atoms with E-state index in [-0.39, 0.29) is 0 Å². The fourth-order valence-electron chi connectivity index (χ4n) is 3.91. The topological polar surface area (TPSA) is 55.5 Å². The van der Waals surface area contributed by atoms with E-state index in [9.17, 15) is 0 Å². The van der Waals surface area contributed by atoms with Gasteiger partial charge in [-0.15, -0.1) is 0 Å². The Labute approximate surface area is 160 Å². The number of likely N-dealkylation sites (tertiary alicyclic amines) is 1. The molecule has 6 heteroatoms. The second-order valence-corrected chi connectivity index (χ2v) is 7.87. The summed E-state index contributed by atoms with van der Waals surface area (Å²) < 4.78 is 0. The zero-order valence-electron chi connectivity index (χ0n) is 15.4. The van der Waals surface area contributed by atoms with Gasteiger partial charge in [0.2, 0.25) is 0 Å². The van der Waals surface area contributed by atoms with Crippen molar-refractivity contribution >= 4 is 28.5 Å². The number of guanidine groups is 1. The van der Waals surface area contributed by atoms with E-state index in [0.717, 1.165) is 35.5 Å². The lowest BCUT2D eigenvalue weighted by atomic mass is 10.1. The van der Waals surface area contributed by atoms with Gasteiger partial charge in [0.1, 0.15) is 0 Å². The van der Waals surface area contributed by atoms with Gasteiger partial charge in [0.05, 0.1) is 0 Å². The first-order valence-corrected chi connectivity index (χ1v) is 10.1. The van der Waals surface area contributed by atoms with Gasteiger partial charge < -0.3 is 20.5 Å². The normalized spacial score (nSPS) is 19.8. The number of fused-ring (bicyclic) bond motifs is 1. The molecule has 4 rings (SSSR count). The molecule has 1 saturated carbocycles. The van der Waals surface area contributed by atoms with Crippen molar-refractivity contribution in [3.63, 3.8) is 0 Å². The lowest BCUT2D eigenvalue weighted by Crippen LogP contribution is -2.49. The Bertz CT molecular complexity index is 772. The van der Waals surface area contributed by atoms with Gasteiger partial charge in [-0.25, -0.2) is 0 Å². The Balaban J connectivity index is 1.25. The first kappa shape index (κ1) is 17.7. The molecule has 1 aliphatic carbocycles. The van der Waals surface area contributed by atoms with E-state index in [0.29, 0.717) is 6.04 Å². The maximum Gasteiger partial charge on any atom is 0.191 e. The summed E-state index contributed by atoms with van der Waals surface area (Å²) in [4.78, 5) is 10.4. The van der Waals surface area contributed by atoms with Crippen molar-refractivity contribution in [3.05, 3.63) is 35.0 Å². The molecule has 26 heavy (non-hydrogen) atoms. The van der Waals surface area contributed by atoms with Crippen LogP contribution in [0.4, 0.5) is 0 Å².